The number of aliphatic hydroxyl groups excluding tert-OH is 5. The summed E-state index contributed by atoms with van der Waals surface area (Å²) >= 11 is 0. The number of aliphatic hydroxyl groups is 5. The molecule has 0 saturated carbocycles. The average molecular weight is 291 g/mol. The predicted molar refractivity (Wildman–Crippen MR) is 71.1 cm³/mol. The molecule has 8 nitrogen and oxygen atoms in total. The lowest BCUT2D eigenvalue weighted by Gasteiger charge is -2.18. The molecule has 8 N–H and O–H groups in total. The van der Waals surface area contributed by atoms with Crippen LogP contribution in [0, 0.1) is 0 Å². The quantitative estimate of drug-likeness (QED) is 0.246. The van der Waals surface area contributed by atoms with Crippen LogP contribution in [0.15, 0.2) is 0 Å². The van der Waals surface area contributed by atoms with Crippen molar-refractivity contribution in [1.82, 2.24) is 16.0 Å². The molecule has 2 aliphatic heterocycles. The van der Waals surface area contributed by atoms with Crippen LogP contribution in [0.4, 0.5) is 0 Å². The Balaban J connectivity index is 1.69. The van der Waals surface area contributed by atoms with E-state index in [0.29, 0.717) is 19.5 Å². The Bertz CT molecular complexity index is 309. The van der Waals surface area contributed by atoms with Gasteiger partial charge in [0.05, 0.1) is 43.6 Å². The fraction of sp³-hybridized carbons (Fsp3) is 1.00. The van der Waals surface area contributed by atoms with Crippen LogP contribution in [0.3, 0.4) is 0 Å². The molecule has 7 atom stereocenters. The molecular formula is C12H25N3O5. The summed E-state index contributed by atoms with van der Waals surface area (Å²) in [5.41, 5.74) is 0. The fourth-order valence-electron chi connectivity index (χ4n) is 2.96. The lowest BCUT2D eigenvalue weighted by molar-refractivity contribution is 0.0197. The molecular weight excluding hydrogens is 266 g/mol. The lowest BCUT2D eigenvalue weighted by Crippen LogP contribution is -2.46. The molecule has 8 heteroatoms. The predicted octanol–water partition coefficient (Wildman–Crippen LogP) is -4.29. The van der Waals surface area contributed by atoms with E-state index in [-0.39, 0.29) is 31.3 Å². The summed E-state index contributed by atoms with van der Waals surface area (Å²) in [6.07, 6.45) is -1.84. The SMILES string of the molecule is OC[C@H]1N[C@H](CNC[C@@H]2C[C@H](O)[C@@H](CO)N2)[C@@H](O)[C@@H]1O. The number of hydrogen-bond acceptors (Lipinski definition) is 8. The van der Waals surface area contributed by atoms with Gasteiger partial charge < -0.3 is 41.5 Å². The summed E-state index contributed by atoms with van der Waals surface area (Å²) in [5, 5.41) is 56.5. The zero-order valence-corrected chi connectivity index (χ0v) is 11.3. The van der Waals surface area contributed by atoms with Gasteiger partial charge in [-0.15, -0.1) is 0 Å². The second-order valence-electron chi connectivity index (χ2n) is 5.66. The molecule has 0 aromatic heterocycles. The maximum absolute atomic E-state index is 9.82. The third-order valence-electron chi connectivity index (χ3n) is 4.19. The fourth-order valence-corrected chi connectivity index (χ4v) is 2.96. The Morgan fingerprint density at radius 1 is 0.850 bits per heavy atom. The van der Waals surface area contributed by atoms with Crippen molar-refractivity contribution >= 4 is 0 Å². The molecule has 0 aromatic rings. The van der Waals surface area contributed by atoms with Crippen molar-refractivity contribution in [2.75, 3.05) is 26.3 Å². The molecule has 0 bridgehead atoms. The van der Waals surface area contributed by atoms with Crippen LogP contribution < -0.4 is 16.0 Å². The molecule has 0 spiro atoms. The Labute approximate surface area is 117 Å². The van der Waals surface area contributed by atoms with Crippen molar-refractivity contribution < 1.29 is 25.5 Å². The van der Waals surface area contributed by atoms with Crippen molar-refractivity contribution in [2.45, 2.75) is 48.9 Å². The van der Waals surface area contributed by atoms with Gasteiger partial charge in [0, 0.05) is 25.2 Å². The normalized spacial score (nSPS) is 45.1. The van der Waals surface area contributed by atoms with E-state index in [1.807, 2.05) is 0 Å². The number of hydrogen-bond donors (Lipinski definition) is 8. The minimum absolute atomic E-state index is 0.0688. The maximum Gasteiger partial charge on any atom is 0.0989 e. The summed E-state index contributed by atoms with van der Waals surface area (Å²) in [6.45, 7) is 0.735. The highest BCUT2D eigenvalue weighted by molar-refractivity contribution is 4.99. The van der Waals surface area contributed by atoms with Gasteiger partial charge in [0.1, 0.15) is 0 Å². The van der Waals surface area contributed by atoms with Crippen LogP contribution in [0.5, 0.6) is 0 Å². The molecule has 2 heterocycles. The Morgan fingerprint density at radius 3 is 2.05 bits per heavy atom. The van der Waals surface area contributed by atoms with Gasteiger partial charge in [-0.1, -0.05) is 0 Å². The van der Waals surface area contributed by atoms with E-state index < -0.39 is 24.4 Å². The maximum atomic E-state index is 9.82. The van der Waals surface area contributed by atoms with E-state index in [1.165, 1.54) is 0 Å². The van der Waals surface area contributed by atoms with Gasteiger partial charge in [0.25, 0.3) is 0 Å². The molecule has 0 unspecified atom stereocenters. The molecule has 2 rings (SSSR count). The molecule has 118 valence electrons. The van der Waals surface area contributed by atoms with Crippen LogP contribution >= 0.6 is 0 Å². The highest BCUT2D eigenvalue weighted by atomic mass is 16.3. The zero-order chi connectivity index (χ0) is 14.7. The monoisotopic (exact) mass is 291 g/mol. The highest BCUT2D eigenvalue weighted by Gasteiger charge is 2.40. The van der Waals surface area contributed by atoms with Gasteiger partial charge >= 0.3 is 0 Å². The molecule has 0 aromatic carbocycles. The molecule has 2 fully saturated rings. The first kappa shape index (κ1) is 16.1. The van der Waals surface area contributed by atoms with Gasteiger partial charge in [-0.25, -0.2) is 0 Å². The lowest BCUT2D eigenvalue weighted by atomic mass is 10.1. The Hall–Kier alpha value is -0.320. The number of rotatable bonds is 6. The minimum Gasteiger partial charge on any atom is -0.395 e. The molecule has 0 radical (unpaired) electrons. The van der Waals surface area contributed by atoms with E-state index in [9.17, 15) is 15.3 Å². The number of nitrogens with one attached hydrogen (secondary N) is 3. The van der Waals surface area contributed by atoms with Crippen molar-refractivity contribution in [1.29, 1.82) is 0 Å². The molecule has 0 amide bonds. The molecule has 2 saturated heterocycles. The average Bonchev–Trinajstić information content (AvgIpc) is 2.93. The van der Waals surface area contributed by atoms with Crippen LogP contribution in [-0.4, -0.2) is 94.3 Å². The topological polar surface area (TPSA) is 137 Å². The van der Waals surface area contributed by atoms with Crippen molar-refractivity contribution in [3.8, 4) is 0 Å². The van der Waals surface area contributed by atoms with Crippen LogP contribution in [0.1, 0.15) is 6.42 Å². The zero-order valence-electron chi connectivity index (χ0n) is 11.3. The van der Waals surface area contributed by atoms with E-state index in [4.69, 9.17) is 10.2 Å². The van der Waals surface area contributed by atoms with E-state index in [2.05, 4.69) is 16.0 Å². The van der Waals surface area contributed by atoms with Gasteiger partial charge in [-0.05, 0) is 6.42 Å². The third-order valence-corrected chi connectivity index (χ3v) is 4.19. The Morgan fingerprint density at radius 2 is 1.50 bits per heavy atom. The van der Waals surface area contributed by atoms with Crippen LogP contribution in [0.25, 0.3) is 0 Å². The van der Waals surface area contributed by atoms with Crippen LogP contribution in [0.2, 0.25) is 0 Å². The van der Waals surface area contributed by atoms with Gasteiger partial charge in [0.2, 0.25) is 0 Å². The largest absolute Gasteiger partial charge is 0.395 e. The molecule has 0 aliphatic carbocycles. The third kappa shape index (κ3) is 3.46. The molecule has 20 heavy (non-hydrogen) atoms. The summed E-state index contributed by atoms with van der Waals surface area (Å²) in [5.74, 6) is 0. The summed E-state index contributed by atoms with van der Waals surface area (Å²) in [4.78, 5) is 0. The van der Waals surface area contributed by atoms with Gasteiger partial charge in [0.15, 0.2) is 0 Å². The standard InChI is InChI=1S/C12H25N3O5/c16-4-8-10(18)1-6(14-8)2-13-3-7-11(19)12(20)9(5-17)15-7/h6-20H,1-5H2/t6-,7+,8+,9+,10-,11+,12+/m0/s1. The first-order valence-electron chi connectivity index (χ1n) is 7.05. The Kier molecular flexibility index (Phi) is 5.70. The second-order valence-corrected chi connectivity index (χ2v) is 5.66. The van der Waals surface area contributed by atoms with Gasteiger partial charge in [-0.2, -0.15) is 0 Å². The van der Waals surface area contributed by atoms with E-state index >= 15 is 0 Å². The van der Waals surface area contributed by atoms with Crippen LogP contribution in [-0.2, 0) is 0 Å². The second kappa shape index (κ2) is 7.10. The molecule has 2 aliphatic rings. The highest BCUT2D eigenvalue weighted by Crippen LogP contribution is 2.15. The summed E-state index contributed by atoms with van der Waals surface area (Å²) in [7, 11) is 0. The summed E-state index contributed by atoms with van der Waals surface area (Å²) in [6, 6.07) is -1.03. The van der Waals surface area contributed by atoms with Gasteiger partial charge in [-0.3, -0.25) is 0 Å². The minimum atomic E-state index is -0.961. The first-order chi connectivity index (χ1) is 9.56. The van der Waals surface area contributed by atoms with Crippen molar-refractivity contribution in [3.05, 3.63) is 0 Å². The van der Waals surface area contributed by atoms with E-state index in [0.717, 1.165) is 0 Å². The van der Waals surface area contributed by atoms with Crippen molar-refractivity contribution in [2.24, 2.45) is 0 Å². The first-order valence-corrected chi connectivity index (χ1v) is 7.05. The smallest absolute Gasteiger partial charge is 0.0989 e. The van der Waals surface area contributed by atoms with E-state index in [1.54, 1.807) is 0 Å². The summed E-state index contributed by atoms with van der Waals surface area (Å²) < 4.78 is 0. The van der Waals surface area contributed by atoms with Crippen molar-refractivity contribution in [3.63, 3.8) is 0 Å².